The van der Waals surface area contributed by atoms with Gasteiger partial charge in [-0.05, 0) is 25.0 Å². The van der Waals surface area contributed by atoms with Crippen molar-refractivity contribution in [1.29, 1.82) is 0 Å². The van der Waals surface area contributed by atoms with Crippen LogP contribution in [0.2, 0.25) is 0 Å². The predicted octanol–water partition coefficient (Wildman–Crippen LogP) is 2.34. The highest BCUT2D eigenvalue weighted by atomic mass is 32.1. The second kappa shape index (κ2) is 5.95. The molecule has 1 saturated heterocycles. The number of rotatable bonds is 3. The second-order valence-electron chi connectivity index (χ2n) is 5.31. The highest BCUT2D eigenvalue weighted by molar-refractivity contribution is 7.80. The number of nitrogens with zero attached hydrogens (tertiary/aromatic N) is 1. The van der Waals surface area contributed by atoms with Gasteiger partial charge in [0.1, 0.15) is 5.54 Å². The van der Waals surface area contributed by atoms with Gasteiger partial charge in [-0.1, -0.05) is 32.1 Å². The summed E-state index contributed by atoms with van der Waals surface area (Å²) in [6, 6.07) is -0.206. The molecule has 0 radical (unpaired) electrons. The number of amides is 3. The molecule has 0 aromatic carbocycles. The van der Waals surface area contributed by atoms with E-state index < -0.39 is 5.54 Å². The summed E-state index contributed by atoms with van der Waals surface area (Å²) in [6.45, 7) is 0.496. The maximum atomic E-state index is 12.5. The molecular weight excluding hydrogens is 248 g/mol. The minimum atomic E-state index is -0.589. The van der Waals surface area contributed by atoms with Crippen LogP contribution in [0.4, 0.5) is 4.79 Å². The van der Waals surface area contributed by atoms with E-state index in [1.165, 1.54) is 24.2 Å². The number of nitrogens with one attached hydrogen (secondary N) is 1. The molecule has 1 heterocycles. The molecule has 2 rings (SSSR count). The van der Waals surface area contributed by atoms with Crippen LogP contribution in [0.3, 0.4) is 0 Å². The van der Waals surface area contributed by atoms with Gasteiger partial charge in [0, 0.05) is 6.54 Å². The molecule has 0 bridgehead atoms. The molecule has 0 unspecified atom stereocenters. The van der Waals surface area contributed by atoms with Crippen molar-refractivity contribution in [2.75, 3.05) is 12.3 Å². The van der Waals surface area contributed by atoms with Gasteiger partial charge in [0.15, 0.2) is 0 Å². The maximum Gasteiger partial charge on any atom is 0.325 e. The topological polar surface area (TPSA) is 49.4 Å². The van der Waals surface area contributed by atoms with Gasteiger partial charge in [-0.2, -0.15) is 12.6 Å². The largest absolute Gasteiger partial charge is 0.325 e. The first-order valence-electron chi connectivity index (χ1n) is 6.95. The second-order valence-corrected chi connectivity index (χ2v) is 5.76. The minimum absolute atomic E-state index is 0.00353. The third-order valence-electron chi connectivity index (χ3n) is 3.99. The zero-order valence-electron chi connectivity index (χ0n) is 10.8. The molecule has 1 aliphatic carbocycles. The van der Waals surface area contributed by atoms with Crippen LogP contribution in [0.15, 0.2) is 0 Å². The maximum absolute atomic E-state index is 12.5. The average molecular weight is 270 g/mol. The van der Waals surface area contributed by atoms with Crippen molar-refractivity contribution >= 4 is 24.6 Å². The Morgan fingerprint density at radius 1 is 1.11 bits per heavy atom. The number of carbonyl (C=O) groups is 2. The highest BCUT2D eigenvalue weighted by Gasteiger charge is 2.49. The summed E-state index contributed by atoms with van der Waals surface area (Å²) in [5, 5.41) is 2.96. The van der Waals surface area contributed by atoms with Gasteiger partial charge in [0.05, 0.1) is 0 Å². The van der Waals surface area contributed by atoms with Gasteiger partial charge in [-0.3, -0.25) is 9.69 Å². The number of hydrogen-bond acceptors (Lipinski definition) is 3. The Labute approximate surface area is 114 Å². The van der Waals surface area contributed by atoms with E-state index in [1.807, 2.05) is 0 Å². The molecule has 18 heavy (non-hydrogen) atoms. The summed E-state index contributed by atoms with van der Waals surface area (Å²) in [5.41, 5.74) is -0.589. The Morgan fingerprint density at radius 2 is 1.72 bits per heavy atom. The van der Waals surface area contributed by atoms with E-state index >= 15 is 0 Å². The zero-order valence-corrected chi connectivity index (χ0v) is 11.7. The van der Waals surface area contributed by atoms with E-state index in [0.717, 1.165) is 32.1 Å². The number of thiol groups is 1. The lowest BCUT2D eigenvalue weighted by Gasteiger charge is -2.28. The molecule has 0 aromatic rings. The van der Waals surface area contributed by atoms with Crippen molar-refractivity contribution in [2.45, 2.75) is 56.9 Å². The van der Waals surface area contributed by atoms with Crippen LogP contribution < -0.4 is 5.32 Å². The molecule has 0 atom stereocenters. The van der Waals surface area contributed by atoms with Crippen LogP contribution in [0.25, 0.3) is 0 Å². The van der Waals surface area contributed by atoms with Crippen LogP contribution in [0, 0.1) is 0 Å². The molecule has 1 N–H and O–H groups in total. The van der Waals surface area contributed by atoms with E-state index in [1.54, 1.807) is 0 Å². The van der Waals surface area contributed by atoms with Gasteiger partial charge < -0.3 is 5.32 Å². The van der Waals surface area contributed by atoms with Gasteiger partial charge in [-0.15, -0.1) is 0 Å². The summed E-state index contributed by atoms with van der Waals surface area (Å²) in [4.78, 5) is 25.8. The number of carbonyl (C=O) groups excluding carboxylic acids is 2. The van der Waals surface area contributed by atoms with E-state index in [-0.39, 0.29) is 11.9 Å². The van der Waals surface area contributed by atoms with E-state index in [0.29, 0.717) is 12.3 Å². The number of urea groups is 1. The van der Waals surface area contributed by atoms with Crippen molar-refractivity contribution in [3.8, 4) is 0 Å². The molecule has 2 fully saturated rings. The standard InChI is InChI=1S/C13H22N2O2S/c16-11-13(7-4-2-1-3-5-8-13)14-12(17)15(11)9-6-10-18/h18H,1-10H2,(H,14,17). The van der Waals surface area contributed by atoms with Crippen molar-refractivity contribution < 1.29 is 9.59 Å². The third kappa shape index (κ3) is 2.66. The predicted molar refractivity (Wildman–Crippen MR) is 73.8 cm³/mol. The Morgan fingerprint density at radius 3 is 2.33 bits per heavy atom. The van der Waals surface area contributed by atoms with Crippen LogP contribution in [0.1, 0.15) is 51.4 Å². The van der Waals surface area contributed by atoms with Crippen LogP contribution in [-0.2, 0) is 4.79 Å². The van der Waals surface area contributed by atoms with Gasteiger partial charge in [0.25, 0.3) is 5.91 Å². The Balaban J connectivity index is 2.08. The monoisotopic (exact) mass is 270 g/mol. The van der Waals surface area contributed by atoms with E-state index in [4.69, 9.17) is 0 Å². The van der Waals surface area contributed by atoms with E-state index in [9.17, 15) is 9.59 Å². The lowest BCUT2D eigenvalue weighted by molar-refractivity contribution is -0.132. The first kappa shape index (κ1) is 13.7. The molecule has 1 saturated carbocycles. The van der Waals surface area contributed by atoms with Crippen molar-refractivity contribution in [3.63, 3.8) is 0 Å². The normalized spacial score (nSPS) is 23.9. The Bertz CT molecular complexity index is 325. The van der Waals surface area contributed by atoms with E-state index in [2.05, 4.69) is 17.9 Å². The quantitative estimate of drug-likeness (QED) is 0.611. The molecule has 102 valence electrons. The molecule has 3 amide bonds. The SMILES string of the molecule is O=C1NC2(CCCCCCC2)C(=O)N1CCCS. The molecule has 4 nitrogen and oxygen atoms in total. The molecule has 1 aliphatic heterocycles. The fraction of sp³-hybridized carbons (Fsp3) is 0.846. The first-order valence-corrected chi connectivity index (χ1v) is 7.58. The Kier molecular flexibility index (Phi) is 4.54. The average Bonchev–Trinajstić information content (AvgIpc) is 2.55. The first-order chi connectivity index (χ1) is 8.69. The summed E-state index contributed by atoms with van der Waals surface area (Å²) in [6.07, 6.45) is 8.02. The van der Waals surface area contributed by atoms with Gasteiger partial charge in [-0.25, -0.2) is 4.79 Å². The fourth-order valence-electron chi connectivity index (χ4n) is 2.96. The van der Waals surface area contributed by atoms with Crippen molar-refractivity contribution in [2.24, 2.45) is 0 Å². The van der Waals surface area contributed by atoms with Crippen LogP contribution in [-0.4, -0.2) is 34.7 Å². The number of imide groups is 1. The van der Waals surface area contributed by atoms with Crippen molar-refractivity contribution in [1.82, 2.24) is 10.2 Å². The smallest absolute Gasteiger partial charge is 0.323 e. The molecule has 5 heteroatoms. The zero-order chi connectivity index (χ0) is 13.0. The lowest BCUT2D eigenvalue weighted by atomic mass is 9.84. The Hall–Kier alpha value is -0.710. The summed E-state index contributed by atoms with van der Waals surface area (Å²) in [5.74, 6) is 0.695. The third-order valence-corrected chi connectivity index (χ3v) is 4.31. The highest BCUT2D eigenvalue weighted by Crippen LogP contribution is 2.32. The van der Waals surface area contributed by atoms with Crippen LogP contribution in [0.5, 0.6) is 0 Å². The van der Waals surface area contributed by atoms with Crippen molar-refractivity contribution in [3.05, 3.63) is 0 Å². The van der Waals surface area contributed by atoms with Crippen LogP contribution >= 0.6 is 12.6 Å². The molecule has 2 aliphatic rings. The summed E-state index contributed by atoms with van der Waals surface area (Å²) >= 11 is 4.13. The molecule has 1 spiro atoms. The lowest BCUT2D eigenvalue weighted by Crippen LogP contribution is -2.47. The number of hydrogen-bond donors (Lipinski definition) is 2. The summed E-state index contributed by atoms with van der Waals surface area (Å²) < 4.78 is 0. The van der Waals surface area contributed by atoms with Gasteiger partial charge >= 0.3 is 6.03 Å². The molecule has 0 aromatic heterocycles. The summed E-state index contributed by atoms with van der Waals surface area (Å²) in [7, 11) is 0. The minimum Gasteiger partial charge on any atom is -0.323 e. The fourth-order valence-corrected chi connectivity index (χ4v) is 3.10. The van der Waals surface area contributed by atoms with Gasteiger partial charge in [0.2, 0.25) is 0 Å². The molecular formula is C13H22N2O2S.